The first-order valence-corrected chi connectivity index (χ1v) is 11.5. The van der Waals surface area contributed by atoms with E-state index in [-0.39, 0.29) is 24.0 Å². The van der Waals surface area contributed by atoms with Crippen LogP contribution in [0.4, 0.5) is 0 Å². The highest BCUT2D eigenvalue weighted by Gasteiger charge is 2.46. The van der Waals surface area contributed by atoms with Crippen LogP contribution in [-0.2, 0) is 4.79 Å². The van der Waals surface area contributed by atoms with Crippen LogP contribution in [0.2, 0.25) is 0 Å². The summed E-state index contributed by atoms with van der Waals surface area (Å²) in [5.41, 5.74) is 1.25. The van der Waals surface area contributed by atoms with Gasteiger partial charge in [0.15, 0.2) is 0 Å². The third kappa shape index (κ3) is 5.60. The number of aliphatic hydroxyl groups is 2. The van der Waals surface area contributed by atoms with Gasteiger partial charge in [0, 0.05) is 0 Å². The van der Waals surface area contributed by atoms with Crippen molar-refractivity contribution in [3.05, 3.63) is 11.6 Å². The monoisotopic (exact) mass is 392 g/mol. The van der Waals surface area contributed by atoms with Gasteiger partial charge in [0.05, 0.1) is 18.6 Å². The van der Waals surface area contributed by atoms with Crippen molar-refractivity contribution in [2.24, 2.45) is 29.1 Å². The Kier molecular flexibility index (Phi) is 7.25. The number of carbonyl (C=O) groups is 1. The molecule has 3 saturated carbocycles. The Bertz CT molecular complexity index is 561. The van der Waals surface area contributed by atoms with Crippen LogP contribution < -0.4 is 0 Å². The van der Waals surface area contributed by atoms with Crippen molar-refractivity contribution in [2.75, 3.05) is 0 Å². The van der Waals surface area contributed by atoms with Gasteiger partial charge in [0.1, 0.15) is 0 Å². The minimum absolute atomic E-state index is 0.195. The summed E-state index contributed by atoms with van der Waals surface area (Å²) >= 11 is 0. The number of carboxylic acids is 1. The zero-order chi connectivity index (χ0) is 20.3. The van der Waals surface area contributed by atoms with Crippen molar-refractivity contribution < 1.29 is 20.1 Å². The van der Waals surface area contributed by atoms with Gasteiger partial charge in [0.2, 0.25) is 0 Å². The molecule has 3 fully saturated rings. The first-order valence-electron chi connectivity index (χ1n) is 11.5. The smallest absolute Gasteiger partial charge is 0.303 e. The second-order valence-electron chi connectivity index (χ2n) is 10.6. The van der Waals surface area contributed by atoms with Crippen LogP contribution in [0.5, 0.6) is 0 Å². The van der Waals surface area contributed by atoms with Gasteiger partial charge >= 0.3 is 5.97 Å². The summed E-state index contributed by atoms with van der Waals surface area (Å²) < 4.78 is 0. The van der Waals surface area contributed by atoms with E-state index in [2.05, 4.69) is 6.08 Å². The summed E-state index contributed by atoms with van der Waals surface area (Å²) in [7, 11) is 0. The van der Waals surface area contributed by atoms with Gasteiger partial charge in [0.25, 0.3) is 0 Å². The second kappa shape index (κ2) is 9.30. The molecule has 3 rings (SSSR count). The quantitative estimate of drug-likeness (QED) is 0.512. The Labute approximate surface area is 170 Å². The maximum Gasteiger partial charge on any atom is 0.303 e. The van der Waals surface area contributed by atoms with E-state index in [0.29, 0.717) is 23.7 Å². The van der Waals surface area contributed by atoms with Gasteiger partial charge < -0.3 is 15.3 Å². The molecule has 4 nitrogen and oxygen atoms in total. The van der Waals surface area contributed by atoms with Crippen molar-refractivity contribution >= 4 is 5.97 Å². The fraction of sp³-hybridized carbons (Fsp3) is 0.875. The second-order valence-corrected chi connectivity index (χ2v) is 10.6. The third-order valence-electron chi connectivity index (χ3n) is 7.78. The zero-order valence-electron chi connectivity index (χ0n) is 17.8. The van der Waals surface area contributed by atoms with Crippen LogP contribution >= 0.6 is 0 Å². The standard InChI is InChI=1S/C24H40O4/c1-24(2,15-23(27)28)11-10-16-12-18-14-22(26)19(20(18)13-16)8-9-21(25)17-6-4-3-5-7-17/h10,17-22,25-26H,3-9,11-15H2,1-2H3,(H,27,28). The van der Waals surface area contributed by atoms with Crippen molar-refractivity contribution in [1.29, 1.82) is 0 Å². The lowest BCUT2D eigenvalue weighted by atomic mass is 9.80. The molecule has 0 aliphatic heterocycles. The molecule has 3 aliphatic rings. The van der Waals surface area contributed by atoms with E-state index in [4.69, 9.17) is 5.11 Å². The molecule has 5 unspecified atom stereocenters. The van der Waals surface area contributed by atoms with Crippen molar-refractivity contribution in [3.63, 3.8) is 0 Å². The molecular weight excluding hydrogens is 352 g/mol. The number of rotatable bonds is 8. The first-order chi connectivity index (χ1) is 13.2. The van der Waals surface area contributed by atoms with Crippen LogP contribution in [0, 0.1) is 29.1 Å². The molecule has 0 spiro atoms. The highest BCUT2D eigenvalue weighted by molar-refractivity contribution is 5.67. The van der Waals surface area contributed by atoms with Crippen LogP contribution in [0.3, 0.4) is 0 Å². The molecule has 0 heterocycles. The highest BCUT2D eigenvalue weighted by Crippen LogP contribution is 2.52. The van der Waals surface area contributed by atoms with Gasteiger partial charge in [-0.05, 0) is 80.5 Å². The summed E-state index contributed by atoms with van der Waals surface area (Å²) in [6.45, 7) is 4.04. The van der Waals surface area contributed by atoms with E-state index in [1.165, 1.54) is 37.7 Å². The van der Waals surface area contributed by atoms with E-state index in [9.17, 15) is 15.0 Å². The molecule has 160 valence electrons. The molecule has 3 aliphatic carbocycles. The minimum Gasteiger partial charge on any atom is -0.481 e. The summed E-state index contributed by atoms with van der Waals surface area (Å²) in [5, 5.41) is 30.3. The summed E-state index contributed by atoms with van der Waals surface area (Å²) in [5.74, 6) is 1.18. The summed E-state index contributed by atoms with van der Waals surface area (Å²) in [6.07, 6.45) is 13.8. The SMILES string of the molecule is CC(C)(CC=C1CC2CC(O)C(CCC(O)C3CCCCC3)C2C1)CC(=O)O. The Morgan fingerprint density at radius 2 is 1.93 bits per heavy atom. The van der Waals surface area contributed by atoms with Gasteiger partial charge in [-0.25, -0.2) is 0 Å². The number of hydrogen-bond donors (Lipinski definition) is 3. The van der Waals surface area contributed by atoms with Gasteiger partial charge in [-0.1, -0.05) is 44.8 Å². The molecule has 0 bridgehead atoms. The molecule has 5 atom stereocenters. The maximum absolute atomic E-state index is 11.0. The number of carboxylic acid groups (broad SMARTS) is 1. The molecule has 28 heavy (non-hydrogen) atoms. The lowest BCUT2D eigenvalue weighted by Crippen LogP contribution is -2.26. The Morgan fingerprint density at radius 1 is 1.21 bits per heavy atom. The number of hydrogen-bond acceptors (Lipinski definition) is 3. The largest absolute Gasteiger partial charge is 0.481 e. The molecule has 0 aromatic heterocycles. The molecule has 3 N–H and O–H groups in total. The lowest BCUT2D eigenvalue weighted by molar-refractivity contribution is -0.139. The normalized spacial score (nSPS) is 33.9. The number of fused-ring (bicyclic) bond motifs is 1. The van der Waals surface area contributed by atoms with Crippen LogP contribution in [0.1, 0.15) is 90.9 Å². The van der Waals surface area contributed by atoms with Gasteiger partial charge in [-0.3, -0.25) is 4.79 Å². The Morgan fingerprint density at radius 3 is 2.61 bits per heavy atom. The van der Waals surface area contributed by atoms with Crippen LogP contribution in [0.25, 0.3) is 0 Å². The molecule has 0 radical (unpaired) electrons. The predicted octanol–water partition coefficient (Wildman–Crippen LogP) is 4.93. The fourth-order valence-corrected chi connectivity index (χ4v) is 6.16. The van der Waals surface area contributed by atoms with E-state index in [0.717, 1.165) is 38.5 Å². The Hall–Kier alpha value is -0.870. The van der Waals surface area contributed by atoms with Crippen molar-refractivity contribution in [2.45, 2.75) is 103 Å². The maximum atomic E-state index is 11.0. The zero-order valence-corrected chi connectivity index (χ0v) is 17.8. The van der Waals surface area contributed by atoms with Crippen molar-refractivity contribution in [3.8, 4) is 0 Å². The number of aliphatic carboxylic acids is 1. The lowest BCUT2D eigenvalue weighted by Gasteiger charge is -2.29. The number of allylic oxidation sites excluding steroid dienone is 2. The average Bonchev–Trinajstić information content (AvgIpc) is 3.14. The molecule has 0 saturated heterocycles. The molecular formula is C24H40O4. The minimum atomic E-state index is -0.730. The van der Waals surface area contributed by atoms with E-state index in [1.807, 2.05) is 13.8 Å². The van der Waals surface area contributed by atoms with Crippen molar-refractivity contribution in [1.82, 2.24) is 0 Å². The van der Waals surface area contributed by atoms with Gasteiger partial charge in [-0.2, -0.15) is 0 Å². The van der Waals surface area contributed by atoms with E-state index < -0.39 is 5.97 Å². The topological polar surface area (TPSA) is 77.8 Å². The predicted molar refractivity (Wildman–Crippen MR) is 111 cm³/mol. The van der Waals surface area contributed by atoms with E-state index >= 15 is 0 Å². The Balaban J connectivity index is 1.51. The molecule has 0 amide bonds. The third-order valence-corrected chi connectivity index (χ3v) is 7.78. The average molecular weight is 393 g/mol. The van der Waals surface area contributed by atoms with E-state index in [1.54, 1.807) is 0 Å². The molecule has 0 aromatic carbocycles. The summed E-state index contributed by atoms with van der Waals surface area (Å²) in [4.78, 5) is 11.0. The molecule has 0 aromatic rings. The van der Waals surface area contributed by atoms with Crippen LogP contribution in [-0.4, -0.2) is 33.5 Å². The van der Waals surface area contributed by atoms with Gasteiger partial charge in [-0.15, -0.1) is 0 Å². The molecule has 4 heteroatoms. The van der Waals surface area contributed by atoms with Crippen LogP contribution in [0.15, 0.2) is 11.6 Å². The fourth-order valence-electron chi connectivity index (χ4n) is 6.16. The summed E-state index contributed by atoms with van der Waals surface area (Å²) in [6, 6.07) is 0. The first kappa shape index (κ1) is 21.8. The highest BCUT2D eigenvalue weighted by atomic mass is 16.4. The number of aliphatic hydroxyl groups excluding tert-OH is 2.